The summed E-state index contributed by atoms with van der Waals surface area (Å²) < 4.78 is 1.46. The van der Waals surface area contributed by atoms with Crippen LogP contribution < -0.4 is 16.2 Å². The van der Waals surface area contributed by atoms with E-state index in [1.165, 1.54) is 4.68 Å². The Morgan fingerprint density at radius 2 is 2.04 bits per heavy atom. The van der Waals surface area contributed by atoms with Crippen LogP contribution in [-0.4, -0.2) is 34.8 Å². The quantitative estimate of drug-likeness (QED) is 0.741. The molecule has 1 fully saturated rings. The molecule has 1 aromatic heterocycles. The smallest absolute Gasteiger partial charge is 0.274 e. The number of carbonyl (C=O) groups excluding carboxylic acids is 1. The second-order valence-corrected chi connectivity index (χ2v) is 7.18. The summed E-state index contributed by atoms with van der Waals surface area (Å²) in [6.45, 7) is 6.60. The molecule has 27 heavy (non-hydrogen) atoms. The highest BCUT2D eigenvalue weighted by Gasteiger charge is 2.25. The number of halogens is 1. The fraction of sp³-hybridized carbons (Fsp3) is 0.550. The van der Waals surface area contributed by atoms with E-state index in [1.807, 2.05) is 12.1 Å². The predicted molar refractivity (Wildman–Crippen MR) is 111 cm³/mol. The molecule has 2 N–H and O–H groups in total. The van der Waals surface area contributed by atoms with Gasteiger partial charge in [0, 0.05) is 18.0 Å². The summed E-state index contributed by atoms with van der Waals surface area (Å²) in [6.07, 6.45) is 3.90. The van der Waals surface area contributed by atoms with Crippen LogP contribution in [0.4, 0.5) is 0 Å². The summed E-state index contributed by atoms with van der Waals surface area (Å²) in [7, 11) is 0. The third kappa shape index (κ3) is 4.87. The number of fused-ring (bicyclic) bond motifs is 1. The number of amides is 1. The van der Waals surface area contributed by atoms with Gasteiger partial charge < -0.3 is 10.6 Å². The van der Waals surface area contributed by atoms with Crippen LogP contribution in [-0.2, 0) is 6.54 Å². The molecule has 1 amide bonds. The molecule has 148 valence electrons. The average Bonchev–Trinajstić information content (AvgIpc) is 2.65. The molecule has 1 aliphatic rings. The van der Waals surface area contributed by atoms with Gasteiger partial charge in [-0.15, -0.1) is 12.4 Å². The fourth-order valence-electron chi connectivity index (χ4n) is 3.53. The number of aromatic nitrogens is 2. The molecule has 6 nitrogen and oxygen atoms in total. The number of hydrogen-bond donors (Lipinski definition) is 2. The molecule has 0 radical (unpaired) electrons. The van der Waals surface area contributed by atoms with Crippen molar-refractivity contribution in [2.45, 2.75) is 52.1 Å². The largest absolute Gasteiger partial charge is 0.348 e. The Labute approximate surface area is 166 Å². The maximum atomic E-state index is 13.0. The molecule has 0 bridgehead atoms. The Morgan fingerprint density at radius 3 is 2.74 bits per heavy atom. The van der Waals surface area contributed by atoms with Crippen LogP contribution in [0.15, 0.2) is 29.1 Å². The Balaban J connectivity index is 0.00000261. The van der Waals surface area contributed by atoms with E-state index in [0.29, 0.717) is 28.9 Å². The van der Waals surface area contributed by atoms with Crippen molar-refractivity contribution in [1.29, 1.82) is 0 Å². The minimum Gasteiger partial charge on any atom is -0.348 e. The molecule has 2 heterocycles. The molecule has 2 atom stereocenters. The third-order valence-electron chi connectivity index (χ3n) is 5.16. The van der Waals surface area contributed by atoms with Crippen LogP contribution in [0, 0.1) is 5.92 Å². The number of nitrogens with one attached hydrogen (secondary N) is 2. The van der Waals surface area contributed by atoms with E-state index in [-0.39, 0.29) is 29.9 Å². The van der Waals surface area contributed by atoms with Crippen molar-refractivity contribution in [2.24, 2.45) is 5.92 Å². The minimum atomic E-state index is -0.191. The van der Waals surface area contributed by atoms with Crippen molar-refractivity contribution in [3.63, 3.8) is 0 Å². The van der Waals surface area contributed by atoms with Gasteiger partial charge in [-0.3, -0.25) is 9.59 Å². The van der Waals surface area contributed by atoms with Gasteiger partial charge in [-0.25, -0.2) is 4.68 Å². The average molecular weight is 393 g/mol. The Hall–Kier alpha value is -1.92. The first-order valence-corrected chi connectivity index (χ1v) is 9.63. The van der Waals surface area contributed by atoms with Crippen molar-refractivity contribution in [1.82, 2.24) is 20.4 Å². The van der Waals surface area contributed by atoms with E-state index in [1.54, 1.807) is 12.1 Å². The Bertz CT molecular complexity index is 836. The molecular weight excluding hydrogens is 364 g/mol. The van der Waals surface area contributed by atoms with Gasteiger partial charge in [0.1, 0.15) is 0 Å². The first-order valence-electron chi connectivity index (χ1n) is 9.63. The van der Waals surface area contributed by atoms with E-state index in [4.69, 9.17) is 0 Å². The highest BCUT2D eigenvalue weighted by atomic mass is 35.5. The molecule has 2 aromatic rings. The lowest BCUT2D eigenvalue weighted by atomic mass is 9.95. The van der Waals surface area contributed by atoms with Gasteiger partial charge in [-0.05, 0) is 37.9 Å². The van der Waals surface area contributed by atoms with E-state index < -0.39 is 0 Å². The molecule has 0 saturated carbocycles. The minimum absolute atomic E-state index is 0. The number of rotatable bonds is 6. The molecule has 0 spiro atoms. The third-order valence-corrected chi connectivity index (χ3v) is 5.16. The summed E-state index contributed by atoms with van der Waals surface area (Å²) in [6, 6.07) is 7.39. The van der Waals surface area contributed by atoms with Crippen LogP contribution in [0.5, 0.6) is 0 Å². The number of aryl methyl sites for hydroxylation is 1. The summed E-state index contributed by atoms with van der Waals surface area (Å²) in [5.41, 5.74) is 0.228. The van der Waals surface area contributed by atoms with Crippen LogP contribution in [0.2, 0.25) is 0 Å². The summed E-state index contributed by atoms with van der Waals surface area (Å²) in [5.74, 6) is 0.179. The maximum Gasteiger partial charge on any atom is 0.274 e. The number of piperidine rings is 1. The van der Waals surface area contributed by atoms with Gasteiger partial charge in [0.15, 0.2) is 5.69 Å². The monoisotopic (exact) mass is 392 g/mol. The van der Waals surface area contributed by atoms with Crippen LogP contribution >= 0.6 is 12.4 Å². The fourth-order valence-corrected chi connectivity index (χ4v) is 3.53. The maximum absolute atomic E-state index is 13.0. The predicted octanol–water partition coefficient (Wildman–Crippen LogP) is 2.74. The normalized spacial score (nSPS) is 19.5. The number of benzene rings is 1. The van der Waals surface area contributed by atoms with Crippen molar-refractivity contribution >= 4 is 29.1 Å². The van der Waals surface area contributed by atoms with E-state index in [9.17, 15) is 9.59 Å². The molecule has 1 aromatic carbocycles. The van der Waals surface area contributed by atoms with Gasteiger partial charge in [0.25, 0.3) is 11.5 Å². The van der Waals surface area contributed by atoms with Gasteiger partial charge in [-0.2, -0.15) is 5.10 Å². The van der Waals surface area contributed by atoms with E-state index in [0.717, 1.165) is 38.8 Å². The first kappa shape index (κ1) is 21.4. The second kappa shape index (κ2) is 9.85. The lowest BCUT2D eigenvalue weighted by molar-refractivity contribution is 0.0908. The molecule has 3 rings (SSSR count). The highest BCUT2D eigenvalue weighted by molar-refractivity contribution is 6.04. The zero-order valence-corrected chi connectivity index (χ0v) is 16.8. The van der Waals surface area contributed by atoms with Crippen LogP contribution in [0.25, 0.3) is 10.8 Å². The highest BCUT2D eigenvalue weighted by Crippen LogP contribution is 2.16. The van der Waals surface area contributed by atoms with Crippen molar-refractivity contribution in [3.8, 4) is 0 Å². The van der Waals surface area contributed by atoms with Gasteiger partial charge in [0.05, 0.1) is 5.39 Å². The molecule has 1 saturated heterocycles. The first-order chi connectivity index (χ1) is 12.6. The van der Waals surface area contributed by atoms with Gasteiger partial charge >= 0.3 is 0 Å². The number of hydrogen-bond acceptors (Lipinski definition) is 4. The van der Waals surface area contributed by atoms with Gasteiger partial charge in [0.2, 0.25) is 0 Å². The van der Waals surface area contributed by atoms with Crippen molar-refractivity contribution in [2.75, 3.05) is 13.1 Å². The summed E-state index contributed by atoms with van der Waals surface area (Å²) in [5, 5.41) is 12.1. The lowest BCUT2D eigenvalue weighted by Gasteiger charge is -2.30. The number of carbonyl (C=O) groups is 1. The number of unbranched alkanes of at least 4 members (excludes halogenated alkanes) is 2. The Kier molecular flexibility index (Phi) is 7.80. The summed E-state index contributed by atoms with van der Waals surface area (Å²) in [4.78, 5) is 25.7. The lowest BCUT2D eigenvalue weighted by Crippen LogP contribution is -2.48. The van der Waals surface area contributed by atoms with Crippen LogP contribution in [0.3, 0.4) is 0 Å². The van der Waals surface area contributed by atoms with E-state index in [2.05, 4.69) is 29.6 Å². The zero-order valence-electron chi connectivity index (χ0n) is 16.0. The Morgan fingerprint density at radius 1 is 1.30 bits per heavy atom. The van der Waals surface area contributed by atoms with Crippen molar-refractivity contribution < 1.29 is 4.79 Å². The molecule has 7 heteroatoms. The zero-order chi connectivity index (χ0) is 18.5. The molecule has 1 aliphatic heterocycles. The standard InChI is InChI=1S/C20H28N4O2.ClH/c1-3-4-7-12-24-20(26)16-9-6-5-8-15(16)18(23-24)19(25)22-17-10-11-21-13-14(17)2;/h5-6,8-9,14,17,21H,3-4,7,10-13H2,1-2H3,(H,22,25);1H. The SMILES string of the molecule is CCCCCn1nc(C(=O)NC2CCNCC2C)c2ccccc2c1=O.Cl. The topological polar surface area (TPSA) is 76.0 Å². The second-order valence-electron chi connectivity index (χ2n) is 7.18. The van der Waals surface area contributed by atoms with E-state index >= 15 is 0 Å². The van der Waals surface area contributed by atoms with Gasteiger partial charge in [-0.1, -0.05) is 44.9 Å². The molecule has 2 unspecified atom stereocenters. The van der Waals surface area contributed by atoms with Crippen molar-refractivity contribution in [3.05, 3.63) is 40.3 Å². The molecule has 0 aliphatic carbocycles. The molecular formula is C20H29ClN4O2. The summed E-state index contributed by atoms with van der Waals surface area (Å²) >= 11 is 0. The number of nitrogens with zero attached hydrogens (tertiary/aromatic N) is 2. The van der Waals surface area contributed by atoms with Crippen LogP contribution in [0.1, 0.15) is 50.0 Å².